The molecule has 2 bridgehead atoms. The summed E-state index contributed by atoms with van der Waals surface area (Å²) in [5.41, 5.74) is 5.89. The molecule has 21 heavy (non-hydrogen) atoms. The lowest BCUT2D eigenvalue weighted by atomic mass is 10.0. The highest BCUT2D eigenvalue weighted by Gasteiger charge is 2.65. The molecule has 3 aliphatic rings. The third kappa shape index (κ3) is 2.11. The fraction of sp³-hybridized carbons (Fsp3) is 0.733. The van der Waals surface area contributed by atoms with Crippen molar-refractivity contribution in [1.82, 2.24) is 10.3 Å². The van der Waals surface area contributed by atoms with Gasteiger partial charge in [0.2, 0.25) is 0 Å². The number of nitrogen functional groups attached to an aromatic ring is 1. The van der Waals surface area contributed by atoms with Gasteiger partial charge in [0.25, 0.3) is 5.91 Å². The molecular weight excluding hydrogens is 284 g/mol. The molecule has 5 nitrogen and oxygen atoms in total. The Morgan fingerprint density at radius 1 is 1.38 bits per heavy atom. The minimum Gasteiger partial charge on any atom is -0.382 e. The van der Waals surface area contributed by atoms with Crippen LogP contribution >= 0.6 is 11.3 Å². The van der Waals surface area contributed by atoms with Crippen LogP contribution in [0, 0.1) is 23.7 Å². The molecule has 114 valence electrons. The van der Waals surface area contributed by atoms with E-state index in [9.17, 15) is 4.79 Å². The number of carbonyl (C=O) groups excluding carboxylic acids is 1. The van der Waals surface area contributed by atoms with Crippen LogP contribution in [0.1, 0.15) is 42.3 Å². The quantitative estimate of drug-likeness (QED) is 0.780. The summed E-state index contributed by atoms with van der Waals surface area (Å²) < 4.78 is 0. The van der Waals surface area contributed by atoms with Gasteiger partial charge in [0.05, 0.1) is 0 Å². The molecule has 1 aromatic heterocycles. The van der Waals surface area contributed by atoms with Gasteiger partial charge in [0, 0.05) is 12.6 Å². The van der Waals surface area contributed by atoms with Crippen LogP contribution < -0.4 is 16.4 Å². The Morgan fingerprint density at radius 3 is 2.76 bits per heavy atom. The van der Waals surface area contributed by atoms with Crippen LogP contribution in [-0.2, 0) is 0 Å². The molecule has 3 fully saturated rings. The van der Waals surface area contributed by atoms with Crippen molar-refractivity contribution in [3.63, 3.8) is 0 Å². The summed E-state index contributed by atoms with van der Waals surface area (Å²) >= 11 is 1.36. The molecule has 1 aromatic rings. The number of fused-ring (bicyclic) bond motifs is 5. The highest BCUT2D eigenvalue weighted by Crippen LogP contribution is 2.65. The number of thiazole rings is 1. The first kappa shape index (κ1) is 13.4. The summed E-state index contributed by atoms with van der Waals surface area (Å²) in [7, 11) is 0. The average Bonchev–Trinajstić information content (AvgIpc) is 2.86. The number of anilines is 2. The van der Waals surface area contributed by atoms with Crippen molar-refractivity contribution in [1.29, 1.82) is 0 Å². The number of nitrogens with two attached hydrogens (primary N) is 1. The summed E-state index contributed by atoms with van der Waals surface area (Å²) in [6, 6.07) is 0.400. The van der Waals surface area contributed by atoms with Gasteiger partial charge in [-0.1, -0.05) is 18.3 Å². The molecule has 0 saturated heterocycles. The topological polar surface area (TPSA) is 80.0 Å². The third-order valence-corrected chi connectivity index (χ3v) is 6.45. The van der Waals surface area contributed by atoms with E-state index >= 15 is 0 Å². The van der Waals surface area contributed by atoms with Crippen LogP contribution in [0.15, 0.2) is 0 Å². The van der Waals surface area contributed by atoms with E-state index in [1.165, 1.54) is 30.6 Å². The van der Waals surface area contributed by atoms with Crippen molar-refractivity contribution in [2.24, 2.45) is 23.7 Å². The number of rotatable bonds is 5. The highest BCUT2D eigenvalue weighted by atomic mass is 32.1. The second kappa shape index (κ2) is 4.87. The van der Waals surface area contributed by atoms with Gasteiger partial charge >= 0.3 is 0 Å². The number of nitrogens with zero attached hydrogens (tertiary/aromatic N) is 1. The van der Waals surface area contributed by atoms with Gasteiger partial charge in [-0.05, 0) is 49.4 Å². The van der Waals surface area contributed by atoms with Gasteiger partial charge in [0.1, 0.15) is 10.7 Å². The Hall–Kier alpha value is -1.30. The van der Waals surface area contributed by atoms with Crippen molar-refractivity contribution >= 4 is 28.2 Å². The fourth-order valence-electron chi connectivity index (χ4n) is 4.54. The maximum Gasteiger partial charge on any atom is 0.265 e. The fourth-order valence-corrected chi connectivity index (χ4v) is 5.35. The zero-order valence-corrected chi connectivity index (χ0v) is 13.1. The summed E-state index contributed by atoms with van der Waals surface area (Å²) in [5.74, 6) is 3.55. The van der Waals surface area contributed by atoms with Gasteiger partial charge in [-0.3, -0.25) is 4.79 Å². The summed E-state index contributed by atoms with van der Waals surface area (Å²) in [5, 5.41) is 7.14. The van der Waals surface area contributed by atoms with Crippen LogP contribution in [0.4, 0.5) is 10.9 Å². The van der Waals surface area contributed by atoms with Crippen molar-refractivity contribution in [3.8, 4) is 0 Å². The molecule has 0 radical (unpaired) electrons. The van der Waals surface area contributed by atoms with Crippen LogP contribution in [0.3, 0.4) is 0 Å². The molecule has 6 heteroatoms. The highest BCUT2D eigenvalue weighted by molar-refractivity contribution is 7.18. The molecule has 1 heterocycles. The summed E-state index contributed by atoms with van der Waals surface area (Å²) in [6.07, 6.45) is 5.16. The minimum atomic E-state index is -0.0339. The van der Waals surface area contributed by atoms with Crippen LogP contribution in [0.2, 0.25) is 0 Å². The van der Waals surface area contributed by atoms with Crippen LogP contribution in [0.5, 0.6) is 0 Å². The lowest BCUT2D eigenvalue weighted by Gasteiger charge is -2.09. The minimum absolute atomic E-state index is 0.0339. The van der Waals surface area contributed by atoms with E-state index in [1.54, 1.807) is 0 Å². The van der Waals surface area contributed by atoms with Crippen LogP contribution in [0.25, 0.3) is 0 Å². The standard InChI is InChI=1S/C15H22N4OS/c1-2-5-17-15-19-13(16)12(21-15)14(20)18-11-9-7-3-4-8(6-7)10(9)11/h7-11H,2-6,16H2,1H3,(H,17,19)(H,18,20). The normalized spacial score (nSPS) is 35.6. The van der Waals surface area contributed by atoms with Crippen molar-refractivity contribution in [3.05, 3.63) is 4.88 Å². The Kier molecular flexibility index (Phi) is 3.10. The Balaban J connectivity index is 1.41. The molecule has 3 saturated carbocycles. The lowest BCUT2D eigenvalue weighted by molar-refractivity contribution is 0.0949. The summed E-state index contributed by atoms with van der Waals surface area (Å²) in [6.45, 7) is 2.95. The molecule has 1 amide bonds. The number of nitrogens with one attached hydrogen (secondary N) is 2. The average molecular weight is 306 g/mol. The molecule has 4 atom stereocenters. The van der Waals surface area contributed by atoms with Gasteiger partial charge in [-0.15, -0.1) is 0 Å². The van der Waals surface area contributed by atoms with E-state index in [2.05, 4.69) is 22.5 Å². The number of hydrogen-bond donors (Lipinski definition) is 3. The monoisotopic (exact) mass is 306 g/mol. The van der Waals surface area contributed by atoms with Crippen LogP contribution in [-0.4, -0.2) is 23.5 Å². The van der Waals surface area contributed by atoms with E-state index < -0.39 is 0 Å². The SMILES string of the molecule is CCCNc1nc(N)c(C(=O)NC2C3C4CCC(C4)C23)s1. The summed E-state index contributed by atoms with van der Waals surface area (Å²) in [4.78, 5) is 17.2. The van der Waals surface area contributed by atoms with Gasteiger partial charge in [0.15, 0.2) is 5.13 Å². The molecular formula is C15H22N4OS. The molecule has 0 spiro atoms. The van der Waals surface area contributed by atoms with E-state index in [-0.39, 0.29) is 5.91 Å². The van der Waals surface area contributed by atoms with Crippen molar-refractivity contribution in [2.75, 3.05) is 17.6 Å². The first-order valence-electron chi connectivity index (χ1n) is 8.00. The Bertz CT molecular complexity index is 556. The predicted molar refractivity (Wildman–Crippen MR) is 84.4 cm³/mol. The number of aromatic nitrogens is 1. The largest absolute Gasteiger partial charge is 0.382 e. The van der Waals surface area contributed by atoms with Gasteiger partial charge in [-0.2, -0.15) is 0 Å². The van der Waals surface area contributed by atoms with Crippen molar-refractivity contribution in [2.45, 2.75) is 38.6 Å². The van der Waals surface area contributed by atoms with Gasteiger partial charge in [-0.25, -0.2) is 4.98 Å². The Morgan fingerprint density at radius 2 is 2.10 bits per heavy atom. The maximum atomic E-state index is 12.4. The number of hydrogen-bond acceptors (Lipinski definition) is 5. The maximum absolute atomic E-state index is 12.4. The lowest BCUT2D eigenvalue weighted by Crippen LogP contribution is -2.29. The second-order valence-corrected chi connectivity index (χ2v) is 7.65. The third-order valence-electron chi connectivity index (χ3n) is 5.42. The van der Waals surface area contributed by atoms with E-state index in [0.717, 1.165) is 41.8 Å². The zero-order chi connectivity index (χ0) is 14.6. The first-order chi connectivity index (χ1) is 10.2. The first-order valence-corrected chi connectivity index (χ1v) is 8.81. The van der Waals surface area contributed by atoms with Crippen molar-refractivity contribution < 1.29 is 4.79 Å². The zero-order valence-electron chi connectivity index (χ0n) is 12.3. The molecule has 0 aromatic carbocycles. The number of carbonyl (C=O) groups is 1. The number of amides is 1. The smallest absolute Gasteiger partial charge is 0.265 e. The molecule has 0 aliphatic heterocycles. The van der Waals surface area contributed by atoms with E-state index in [0.29, 0.717) is 16.7 Å². The molecule has 4 N–H and O–H groups in total. The second-order valence-electron chi connectivity index (χ2n) is 6.65. The molecule has 4 rings (SSSR count). The Labute approximate surface area is 128 Å². The molecule has 4 unspecified atom stereocenters. The van der Waals surface area contributed by atoms with Gasteiger partial charge < -0.3 is 16.4 Å². The molecule has 3 aliphatic carbocycles. The predicted octanol–water partition coefficient (Wildman–Crippen LogP) is 2.32. The van der Waals surface area contributed by atoms with E-state index in [1.807, 2.05) is 0 Å². The van der Waals surface area contributed by atoms with E-state index in [4.69, 9.17) is 5.73 Å².